The van der Waals surface area contributed by atoms with Gasteiger partial charge < -0.3 is 5.32 Å². The van der Waals surface area contributed by atoms with Crippen LogP contribution in [0.25, 0.3) is 0 Å². The molecule has 0 bridgehead atoms. The highest BCUT2D eigenvalue weighted by molar-refractivity contribution is 5.85. The van der Waals surface area contributed by atoms with Gasteiger partial charge >= 0.3 is 0 Å². The lowest BCUT2D eigenvalue weighted by molar-refractivity contribution is -0.128. The number of nitrogens with one attached hydrogen (secondary N) is 1. The molecule has 4 heteroatoms. The summed E-state index contributed by atoms with van der Waals surface area (Å²) in [5, 5.41) is 2.55. The molecule has 0 spiro atoms. The Balaban J connectivity index is 3.89. The predicted octanol–water partition coefficient (Wildman–Crippen LogP) is 0.669. The molecule has 15 heavy (non-hydrogen) atoms. The van der Waals surface area contributed by atoms with E-state index in [1.807, 2.05) is 32.7 Å². The van der Waals surface area contributed by atoms with E-state index in [4.69, 9.17) is 0 Å². The lowest BCUT2D eigenvalue weighted by atomic mass is 9.90. The Morgan fingerprint density at radius 3 is 2.20 bits per heavy atom. The summed E-state index contributed by atoms with van der Waals surface area (Å²) in [6.45, 7) is 6.73. The van der Waals surface area contributed by atoms with Crippen LogP contribution in [0, 0.1) is 5.41 Å². The molecule has 0 radical (unpaired) electrons. The first kappa shape index (κ1) is 14.1. The second-order valence-corrected chi connectivity index (χ2v) is 4.83. The minimum absolute atomic E-state index is 0.00468. The largest absolute Gasteiger partial charge is 0.359 e. The molecule has 88 valence electrons. The molecule has 0 rings (SSSR count). The number of nitrogens with zero attached hydrogens (tertiary/aromatic N) is 1. The maximum absolute atomic E-state index is 11.6. The van der Waals surface area contributed by atoms with Gasteiger partial charge in [-0.1, -0.05) is 20.8 Å². The Labute approximate surface area is 92.0 Å². The normalized spacial score (nSPS) is 11.6. The second-order valence-electron chi connectivity index (χ2n) is 4.83. The molecule has 0 saturated heterocycles. The van der Waals surface area contributed by atoms with Crippen molar-refractivity contribution in [3.8, 4) is 0 Å². The minimum atomic E-state index is -0.304. The third-order valence-electron chi connectivity index (χ3n) is 2.25. The molecule has 0 atom stereocenters. The molecule has 0 aliphatic rings. The van der Waals surface area contributed by atoms with Crippen LogP contribution in [-0.2, 0) is 9.59 Å². The van der Waals surface area contributed by atoms with Crippen molar-refractivity contribution in [2.75, 3.05) is 27.2 Å². The fourth-order valence-corrected chi connectivity index (χ4v) is 0.979. The van der Waals surface area contributed by atoms with E-state index in [2.05, 4.69) is 5.32 Å². The molecule has 4 nitrogen and oxygen atoms in total. The van der Waals surface area contributed by atoms with E-state index in [9.17, 15) is 9.59 Å². The number of hydrogen-bond acceptors (Lipinski definition) is 3. The van der Waals surface area contributed by atoms with Crippen molar-refractivity contribution in [1.29, 1.82) is 0 Å². The summed E-state index contributed by atoms with van der Waals surface area (Å²) in [5.74, 6) is 0.201. The molecule has 1 amide bonds. The van der Waals surface area contributed by atoms with Gasteiger partial charge in [0.1, 0.15) is 0 Å². The van der Waals surface area contributed by atoms with E-state index in [0.717, 1.165) is 0 Å². The zero-order chi connectivity index (χ0) is 12.1. The topological polar surface area (TPSA) is 49.4 Å². The average molecular weight is 214 g/mol. The second kappa shape index (κ2) is 5.85. The molecule has 0 fully saturated rings. The highest BCUT2D eigenvalue weighted by Crippen LogP contribution is 2.14. The number of amides is 1. The number of carbonyl (C=O) groups is 2. The van der Waals surface area contributed by atoms with Crippen LogP contribution in [-0.4, -0.2) is 43.8 Å². The van der Waals surface area contributed by atoms with E-state index >= 15 is 0 Å². The first-order valence-electron chi connectivity index (χ1n) is 5.20. The first-order valence-corrected chi connectivity index (χ1v) is 5.20. The quantitative estimate of drug-likeness (QED) is 0.732. The lowest BCUT2D eigenvalue weighted by Crippen LogP contribution is -2.35. The van der Waals surface area contributed by atoms with Crippen molar-refractivity contribution in [3.05, 3.63) is 0 Å². The number of likely N-dealkylation sites (N-methyl/N-ethyl adjacent to an activating group) is 1. The number of rotatable bonds is 5. The van der Waals surface area contributed by atoms with Crippen LogP contribution in [0.4, 0.5) is 0 Å². The summed E-state index contributed by atoms with van der Waals surface area (Å²) in [7, 11) is 3.47. The Bertz CT molecular complexity index is 231. The summed E-state index contributed by atoms with van der Waals surface area (Å²) in [5.41, 5.74) is -0.304. The molecule has 0 unspecified atom stereocenters. The minimum Gasteiger partial charge on any atom is -0.359 e. The smallest absolute Gasteiger partial charge is 0.221 e. The van der Waals surface area contributed by atoms with Crippen LogP contribution in [0.3, 0.4) is 0 Å². The Morgan fingerprint density at radius 2 is 1.80 bits per heavy atom. The van der Waals surface area contributed by atoms with E-state index in [1.165, 1.54) is 0 Å². The maximum Gasteiger partial charge on any atom is 0.221 e. The molecule has 0 aliphatic heterocycles. The fourth-order valence-electron chi connectivity index (χ4n) is 0.979. The van der Waals surface area contributed by atoms with Crippen LogP contribution >= 0.6 is 0 Å². The van der Waals surface area contributed by atoms with E-state index in [1.54, 1.807) is 7.05 Å². The molecule has 0 aromatic heterocycles. The number of hydrogen-bond donors (Lipinski definition) is 1. The predicted molar refractivity (Wildman–Crippen MR) is 60.6 cm³/mol. The first-order chi connectivity index (χ1) is 6.77. The van der Waals surface area contributed by atoms with Gasteiger partial charge in [-0.25, -0.2) is 0 Å². The zero-order valence-corrected chi connectivity index (χ0v) is 10.4. The molecule has 0 aromatic rings. The van der Waals surface area contributed by atoms with Gasteiger partial charge in [-0.3, -0.25) is 14.5 Å². The van der Waals surface area contributed by atoms with E-state index in [0.29, 0.717) is 19.5 Å². The Morgan fingerprint density at radius 1 is 1.27 bits per heavy atom. The summed E-state index contributed by atoms with van der Waals surface area (Å²) >= 11 is 0. The molecule has 1 N–H and O–H groups in total. The van der Waals surface area contributed by atoms with Gasteiger partial charge in [0, 0.05) is 25.4 Å². The molecular weight excluding hydrogens is 192 g/mol. The monoisotopic (exact) mass is 214 g/mol. The molecule has 0 heterocycles. The maximum atomic E-state index is 11.6. The number of carbonyl (C=O) groups excluding carboxylic acids is 2. The highest BCUT2D eigenvalue weighted by Gasteiger charge is 2.22. The Hall–Kier alpha value is -0.900. The van der Waals surface area contributed by atoms with Crippen molar-refractivity contribution in [3.63, 3.8) is 0 Å². The molecule has 0 saturated carbocycles. The SMILES string of the molecule is CNC(=O)CCN(C)CC(=O)C(C)(C)C. The van der Waals surface area contributed by atoms with Gasteiger partial charge in [-0.05, 0) is 7.05 Å². The van der Waals surface area contributed by atoms with Gasteiger partial charge in [0.15, 0.2) is 5.78 Å². The summed E-state index contributed by atoms with van der Waals surface area (Å²) < 4.78 is 0. The van der Waals surface area contributed by atoms with Crippen molar-refractivity contribution in [2.45, 2.75) is 27.2 Å². The van der Waals surface area contributed by atoms with Crippen molar-refractivity contribution >= 4 is 11.7 Å². The standard InChI is InChI=1S/C11H22N2O2/c1-11(2,3)9(14)8-13(5)7-6-10(15)12-4/h6-8H2,1-5H3,(H,12,15). The van der Waals surface area contributed by atoms with E-state index < -0.39 is 0 Å². The van der Waals surface area contributed by atoms with Crippen LogP contribution in [0.5, 0.6) is 0 Å². The summed E-state index contributed by atoms with van der Waals surface area (Å²) in [6, 6.07) is 0. The lowest BCUT2D eigenvalue weighted by Gasteiger charge is -2.21. The fraction of sp³-hybridized carbons (Fsp3) is 0.818. The molecule has 0 aromatic carbocycles. The van der Waals surface area contributed by atoms with Crippen molar-refractivity contribution < 1.29 is 9.59 Å². The van der Waals surface area contributed by atoms with Gasteiger partial charge in [0.05, 0.1) is 6.54 Å². The van der Waals surface area contributed by atoms with Crippen molar-refractivity contribution in [1.82, 2.24) is 10.2 Å². The highest BCUT2D eigenvalue weighted by atomic mass is 16.1. The van der Waals surface area contributed by atoms with Crippen LogP contribution in [0.15, 0.2) is 0 Å². The number of Topliss-reactive ketones (excluding diaryl/α,β-unsaturated/α-hetero) is 1. The van der Waals surface area contributed by atoms with Gasteiger partial charge in [-0.15, -0.1) is 0 Å². The summed E-state index contributed by atoms with van der Waals surface area (Å²) in [4.78, 5) is 24.5. The third kappa shape index (κ3) is 6.23. The zero-order valence-electron chi connectivity index (χ0n) is 10.4. The average Bonchev–Trinajstić information content (AvgIpc) is 2.12. The van der Waals surface area contributed by atoms with Crippen LogP contribution in [0.1, 0.15) is 27.2 Å². The van der Waals surface area contributed by atoms with Gasteiger partial charge in [0.2, 0.25) is 5.91 Å². The van der Waals surface area contributed by atoms with Crippen LogP contribution < -0.4 is 5.32 Å². The third-order valence-corrected chi connectivity index (χ3v) is 2.25. The number of ketones is 1. The van der Waals surface area contributed by atoms with Crippen molar-refractivity contribution in [2.24, 2.45) is 5.41 Å². The van der Waals surface area contributed by atoms with Crippen LogP contribution in [0.2, 0.25) is 0 Å². The summed E-state index contributed by atoms with van der Waals surface area (Å²) in [6.07, 6.45) is 0.435. The Kier molecular flexibility index (Phi) is 5.50. The van der Waals surface area contributed by atoms with E-state index in [-0.39, 0.29) is 17.1 Å². The molecular formula is C11H22N2O2. The van der Waals surface area contributed by atoms with Gasteiger partial charge in [0.25, 0.3) is 0 Å². The molecule has 0 aliphatic carbocycles. The van der Waals surface area contributed by atoms with Gasteiger partial charge in [-0.2, -0.15) is 0 Å².